The number of rotatable bonds is 5. The van der Waals surface area contributed by atoms with Crippen molar-refractivity contribution in [2.45, 2.75) is 20.0 Å². The Morgan fingerprint density at radius 1 is 1.35 bits per heavy atom. The van der Waals surface area contributed by atoms with Gasteiger partial charge in [-0.25, -0.2) is 0 Å². The predicted molar refractivity (Wildman–Crippen MR) is 54.1 cm³/mol. The summed E-state index contributed by atoms with van der Waals surface area (Å²) in [6, 6.07) is 0.631. The summed E-state index contributed by atoms with van der Waals surface area (Å²) in [5.74, 6) is 0. The summed E-state index contributed by atoms with van der Waals surface area (Å²) < 4.78 is 58.7. The third kappa shape index (κ3) is 3.31. The molecule has 0 saturated carbocycles. The minimum absolute atomic E-state index is 0.0471. The zero-order valence-electron chi connectivity index (χ0n) is 9.24. The zero-order valence-corrected chi connectivity index (χ0v) is 10.1. The van der Waals surface area contributed by atoms with Gasteiger partial charge in [0.1, 0.15) is 5.69 Å². The highest BCUT2D eigenvalue weighted by atomic mass is 31.2. The Hall–Kier alpha value is -0.850. The van der Waals surface area contributed by atoms with Crippen molar-refractivity contribution in [1.82, 2.24) is 10.2 Å². The normalized spacial score (nSPS) is 13.0. The fourth-order valence-corrected chi connectivity index (χ4v) is 2.58. The van der Waals surface area contributed by atoms with Gasteiger partial charge in [0.25, 0.3) is 0 Å². The molecule has 0 fully saturated rings. The molecule has 0 spiro atoms. The number of alkyl halides is 3. The van der Waals surface area contributed by atoms with Crippen LogP contribution in [0.1, 0.15) is 19.5 Å². The Morgan fingerprint density at radius 3 is 2.24 bits per heavy atom. The van der Waals surface area contributed by atoms with Crippen LogP contribution in [0.4, 0.5) is 13.2 Å². The van der Waals surface area contributed by atoms with Crippen molar-refractivity contribution in [3.8, 4) is 0 Å². The van der Waals surface area contributed by atoms with Crippen molar-refractivity contribution in [2.24, 2.45) is 0 Å². The van der Waals surface area contributed by atoms with Crippen molar-refractivity contribution in [2.75, 3.05) is 13.2 Å². The second kappa shape index (κ2) is 5.20. The highest BCUT2D eigenvalue weighted by molar-refractivity contribution is 7.61. The number of nitrogens with zero attached hydrogens (tertiary/aromatic N) is 1. The largest absolute Gasteiger partial charge is 0.432 e. The van der Waals surface area contributed by atoms with E-state index in [0.29, 0.717) is 6.07 Å². The van der Waals surface area contributed by atoms with Crippen LogP contribution in [0.3, 0.4) is 0 Å². The van der Waals surface area contributed by atoms with E-state index in [1.165, 1.54) is 0 Å². The molecule has 0 unspecified atom stereocenters. The van der Waals surface area contributed by atoms with Crippen LogP contribution in [0.2, 0.25) is 0 Å². The quantitative estimate of drug-likeness (QED) is 0.835. The maximum Gasteiger partial charge on any atom is 0.432 e. The van der Waals surface area contributed by atoms with E-state index in [9.17, 15) is 17.7 Å². The molecule has 0 aliphatic heterocycles. The number of hydrogen-bond acceptors (Lipinski definition) is 4. The molecule has 1 aromatic heterocycles. The van der Waals surface area contributed by atoms with Crippen LogP contribution in [-0.4, -0.2) is 23.4 Å². The zero-order chi connectivity index (χ0) is 13.1. The molecule has 1 rings (SSSR count). The van der Waals surface area contributed by atoms with Gasteiger partial charge in [0.2, 0.25) is 0 Å². The number of aromatic nitrogens is 2. The van der Waals surface area contributed by atoms with E-state index in [1.807, 2.05) is 0 Å². The van der Waals surface area contributed by atoms with E-state index in [1.54, 1.807) is 18.9 Å². The standard InChI is InChI=1S/C8H12F3N2O3P/c1-3-15-17(14,16-4-2)7-5-6(12-13-7)8(9,10)11/h5H,3-4H2,1-2H3,(H,12,13). The first-order chi connectivity index (χ1) is 7.83. The Labute approximate surface area is 95.8 Å². The van der Waals surface area contributed by atoms with Gasteiger partial charge in [0.05, 0.1) is 13.2 Å². The van der Waals surface area contributed by atoms with Crippen molar-refractivity contribution >= 4 is 13.0 Å². The molecule has 0 bridgehead atoms. The average Bonchev–Trinajstić information content (AvgIpc) is 2.66. The van der Waals surface area contributed by atoms with Crippen molar-refractivity contribution < 1.29 is 26.8 Å². The van der Waals surface area contributed by atoms with E-state index >= 15 is 0 Å². The Bertz CT molecular complexity index is 408. The smallest absolute Gasteiger partial charge is 0.304 e. The molecule has 0 atom stereocenters. The van der Waals surface area contributed by atoms with Crippen LogP contribution < -0.4 is 5.44 Å². The molecular weight excluding hydrogens is 260 g/mol. The van der Waals surface area contributed by atoms with Gasteiger partial charge in [-0.15, -0.1) is 0 Å². The Morgan fingerprint density at radius 2 is 1.88 bits per heavy atom. The van der Waals surface area contributed by atoms with Crippen molar-refractivity contribution in [1.29, 1.82) is 0 Å². The van der Waals surface area contributed by atoms with E-state index in [2.05, 4.69) is 5.10 Å². The summed E-state index contributed by atoms with van der Waals surface area (Å²) in [7, 11) is -3.76. The van der Waals surface area contributed by atoms with Gasteiger partial charge in [-0.2, -0.15) is 18.3 Å². The molecule has 0 aromatic carbocycles. The van der Waals surface area contributed by atoms with Crippen LogP contribution in [-0.2, 0) is 19.8 Å². The molecule has 0 radical (unpaired) electrons. The van der Waals surface area contributed by atoms with E-state index in [-0.39, 0.29) is 18.6 Å². The lowest BCUT2D eigenvalue weighted by Gasteiger charge is -2.13. The fourth-order valence-electron chi connectivity index (χ4n) is 1.11. The molecule has 0 aliphatic rings. The molecule has 1 N–H and O–H groups in total. The second-order valence-corrected chi connectivity index (χ2v) is 4.94. The molecule has 5 nitrogen and oxygen atoms in total. The maximum atomic E-state index is 12.3. The molecule has 98 valence electrons. The third-order valence-corrected chi connectivity index (χ3v) is 3.73. The first-order valence-electron chi connectivity index (χ1n) is 4.85. The minimum atomic E-state index is -4.57. The van der Waals surface area contributed by atoms with Gasteiger partial charge in [-0.3, -0.25) is 9.66 Å². The number of halogens is 3. The van der Waals surface area contributed by atoms with Gasteiger partial charge in [0, 0.05) is 6.07 Å². The Balaban J connectivity index is 3.04. The van der Waals surface area contributed by atoms with Crippen LogP contribution in [0, 0.1) is 0 Å². The fraction of sp³-hybridized carbons (Fsp3) is 0.625. The van der Waals surface area contributed by atoms with Crippen LogP contribution in [0.15, 0.2) is 6.07 Å². The molecule has 17 heavy (non-hydrogen) atoms. The topological polar surface area (TPSA) is 64.2 Å². The first kappa shape index (κ1) is 14.2. The average molecular weight is 272 g/mol. The summed E-state index contributed by atoms with van der Waals surface area (Å²) >= 11 is 0. The lowest BCUT2D eigenvalue weighted by Crippen LogP contribution is -2.12. The Kier molecular flexibility index (Phi) is 4.35. The number of H-pyrrole nitrogens is 1. The number of hydrogen-bond donors (Lipinski definition) is 1. The molecule has 1 aromatic rings. The third-order valence-electron chi connectivity index (χ3n) is 1.75. The van der Waals surface area contributed by atoms with Gasteiger partial charge in [-0.1, -0.05) is 0 Å². The summed E-state index contributed by atoms with van der Waals surface area (Å²) in [5.41, 5.74) is -1.46. The summed E-state index contributed by atoms with van der Waals surface area (Å²) in [4.78, 5) is 0. The van der Waals surface area contributed by atoms with Crippen LogP contribution in [0.5, 0.6) is 0 Å². The molecule has 0 saturated heterocycles. The summed E-state index contributed by atoms with van der Waals surface area (Å²) in [6.07, 6.45) is -4.57. The van der Waals surface area contributed by atoms with Crippen molar-refractivity contribution in [3.63, 3.8) is 0 Å². The monoisotopic (exact) mass is 272 g/mol. The summed E-state index contributed by atoms with van der Waals surface area (Å²) in [6.45, 7) is 3.21. The maximum absolute atomic E-state index is 12.3. The molecule has 0 amide bonds. The highest BCUT2D eigenvalue weighted by Gasteiger charge is 2.37. The predicted octanol–water partition coefficient (Wildman–Crippen LogP) is 2.32. The minimum Gasteiger partial charge on any atom is -0.304 e. The molecule has 1 heterocycles. The summed E-state index contributed by atoms with van der Waals surface area (Å²) in [5, 5.41) is 5.09. The second-order valence-electron chi connectivity index (χ2n) is 2.97. The number of aromatic amines is 1. The van der Waals surface area contributed by atoms with Crippen LogP contribution in [0.25, 0.3) is 0 Å². The van der Waals surface area contributed by atoms with Crippen LogP contribution >= 0.6 is 7.60 Å². The SMILES string of the molecule is CCOP(=O)(OCC)c1cc(C(F)(F)F)[nH]n1. The first-order valence-corrected chi connectivity index (χ1v) is 6.40. The van der Waals surface area contributed by atoms with E-state index < -0.39 is 19.5 Å². The van der Waals surface area contributed by atoms with E-state index in [0.717, 1.165) is 0 Å². The van der Waals surface area contributed by atoms with Gasteiger partial charge < -0.3 is 9.05 Å². The van der Waals surface area contributed by atoms with Gasteiger partial charge in [-0.05, 0) is 13.8 Å². The molecule has 9 heteroatoms. The lowest BCUT2D eigenvalue weighted by molar-refractivity contribution is -0.141. The number of nitrogens with one attached hydrogen (secondary N) is 1. The van der Waals surface area contributed by atoms with E-state index in [4.69, 9.17) is 9.05 Å². The molecular formula is C8H12F3N2O3P. The van der Waals surface area contributed by atoms with Gasteiger partial charge in [0.15, 0.2) is 5.44 Å². The molecule has 0 aliphatic carbocycles. The highest BCUT2D eigenvalue weighted by Crippen LogP contribution is 2.46. The lowest BCUT2D eigenvalue weighted by atomic mass is 10.4. The van der Waals surface area contributed by atoms with Crippen molar-refractivity contribution in [3.05, 3.63) is 11.8 Å². The van der Waals surface area contributed by atoms with Gasteiger partial charge >= 0.3 is 13.8 Å².